The topological polar surface area (TPSA) is 94.1 Å². The number of benzene rings is 1. The van der Waals surface area contributed by atoms with Gasteiger partial charge in [0.15, 0.2) is 0 Å². The summed E-state index contributed by atoms with van der Waals surface area (Å²) >= 11 is 6.09. The van der Waals surface area contributed by atoms with Crippen LogP contribution >= 0.6 is 11.6 Å². The zero-order chi connectivity index (χ0) is 23.1. The highest BCUT2D eigenvalue weighted by Crippen LogP contribution is 2.27. The number of ketones is 1. The fraction of sp³-hybridized carbons (Fsp3) is 0.292. The number of nitrogens with zero attached hydrogens (tertiary/aromatic N) is 5. The molecule has 3 aromatic heterocycles. The molecule has 0 unspecified atom stereocenters. The molecule has 0 N–H and O–H groups in total. The summed E-state index contributed by atoms with van der Waals surface area (Å²) in [6.07, 6.45) is 1.08. The Hall–Kier alpha value is -3.52. The zero-order valence-corrected chi connectivity index (χ0v) is 19.0. The van der Waals surface area contributed by atoms with Crippen LogP contribution in [0.2, 0.25) is 5.02 Å². The molecule has 1 fully saturated rings. The lowest BCUT2D eigenvalue weighted by molar-refractivity contribution is 0.0634. The monoisotopic (exact) mass is 463 g/mol. The summed E-state index contributed by atoms with van der Waals surface area (Å²) in [5, 5.41) is 9.49. The molecule has 0 spiro atoms. The molecule has 1 aliphatic heterocycles. The number of pyridine rings is 1. The minimum absolute atomic E-state index is 0.0105. The van der Waals surface area contributed by atoms with E-state index < -0.39 is 0 Å². The van der Waals surface area contributed by atoms with Crippen molar-refractivity contribution in [3.8, 4) is 11.6 Å². The van der Waals surface area contributed by atoms with Crippen LogP contribution in [0, 0.1) is 12.8 Å². The first-order chi connectivity index (χ1) is 15.9. The average Bonchev–Trinajstić information content (AvgIpc) is 3.43. The largest absolute Gasteiger partial charge is 0.412 e. The Morgan fingerprint density at radius 3 is 2.64 bits per heavy atom. The second-order valence-corrected chi connectivity index (χ2v) is 8.74. The Balaban J connectivity index is 1.26. The predicted molar refractivity (Wildman–Crippen MR) is 123 cm³/mol. The molecule has 33 heavy (non-hydrogen) atoms. The van der Waals surface area contributed by atoms with Gasteiger partial charge in [-0.05, 0) is 56.2 Å². The van der Waals surface area contributed by atoms with Gasteiger partial charge >= 0.3 is 0 Å². The van der Waals surface area contributed by atoms with E-state index in [1.165, 1.54) is 0 Å². The number of hydrogen-bond acceptors (Lipinski definition) is 6. The maximum Gasteiger partial charge on any atom is 0.284 e. The van der Waals surface area contributed by atoms with E-state index in [9.17, 15) is 9.59 Å². The van der Waals surface area contributed by atoms with E-state index in [0.29, 0.717) is 42.3 Å². The van der Waals surface area contributed by atoms with E-state index >= 15 is 0 Å². The third kappa shape index (κ3) is 4.02. The van der Waals surface area contributed by atoms with Gasteiger partial charge < -0.3 is 13.9 Å². The molecule has 8 nitrogen and oxygen atoms in total. The van der Waals surface area contributed by atoms with Crippen molar-refractivity contribution >= 4 is 34.2 Å². The van der Waals surface area contributed by atoms with Crippen molar-refractivity contribution in [3.05, 3.63) is 64.8 Å². The molecule has 1 aromatic carbocycles. The zero-order valence-electron chi connectivity index (χ0n) is 18.3. The van der Waals surface area contributed by atoms with Gasteiger partial charge in [0.2, 0.25) is 5.78 Å². The molecule has 0 bridgehead atoms. The van der Waals surface area contributed by atoms with Crippen LogP contribution < -0.4 is 0 Å². The maximum absolute atomic E-state index is 13.1. The van der Waals surface area contributed by atoms with Crippen molar-refractivity contribution in [2.45, 2.75) is 19.8 Å². The van der Waals surface area contributed by atoms with Crippen LogP contribution in [-0.2, 0) is 7.05 Å². The molecule has 0 saturated carbocycles. The van der Waals surface area contributed by atoms with Gasteiger partial charge in [-0.15, -0.1) is 10.2 Å². The fourth-order valence-electron chi connectivity index (χ4n) is 4.30. The van der Waals surface area contributed by atoms with Gasteiger partial charge in [0.25, 0.3) is 17.7 Å². The fourth-order valence-corrected chi connectivity index (χ4v) is 4.48. The van der Waals surface area contributed by atoms with E-state index in [1.54, 1.807) is 11.0 Å². The second-order valence-electron chi connectivity index (χ2n) is 8.30. The normalized spacial score (nSPS) is 14.7. The van der Waals surface area contributed by atoms with Crippen molar-refractivity contribution in [2.75, 3.05) is 13.1 Å². The first-order valence-electron chi connectivity index (χ1n) is 10.8. The number of fused-ring (bicyclic) bond motifs is 1. The Kier molecular flexibility index (Phi) is 5.46. The number of rotatable bonds is 4. The summed E-state index contributed by atoms with van der Waals surface area (Å²) in [4.78, 5) is 32.2. The van der Waals surface area contributed by atoms with Gasteiger partial charge in [0, 0.05) is 47.7 Å². The predicted octanol–water partition coefficient (Wildman–Crippen LogP) is 4.32. The molecular weight excluding hydrogens is 442 g/mol. The van der Waals surface area contributed by atoms with Crippen molar-refractivity contribution < 1.29 is 14.0 Å². The van der Waals surface area contributed by atoms with Gasteiger partial charge in [0.1, 0.15) is 11.4 Å². The van der Waals surface area contributed by atoms with Gasteiger partial charge in [-0.25, -0.2) is 4.98 Å². The molecule has 0 radical (unpaired) electrons. The average molecular weight is 464 g/mol. The van der Waals surface area contributed by atoms with Crippen molar-refractivity contribution in [3.63, 3.8) is 0 Å². The molecule has 1 aliphatic rings. The van der Waals surface area contributed by atoms with E-state index in [4.69, 9.17) is 16.0 Å². The molecule has 168 valence electrons. The molecule has 1 saturated heterocycles. The number of carbonyl (C=O) groups is 2. The Labute approximate surface area is 195 Å². The number of halogens is 1. The molecule has 0 atom stereocenters. The molecule has 4 heterocycles. The number of aryl methyl sites for hydroxylation is 2. The molecule has 9 heteroatoms. The van der Waals surface area contributed by atoms with Gasteiger partial charge in [-0.3, -0.25) is 9.59 Å². The minimum Gasteiger partial charge on any atom is -0.412 e. The lowest BCUT2D eigenvalue weighted by Gasteiger charge is -2.30. The van der Waals surface area contributed by atoms with Crippen molar-refractivity contribution in [1.29, 1.82) is 0 Å². The number of amides is 1. The van der Waals surface area contributed by atoms with Crippen molar-refractivity contribution in [2.24, 2.45) is 13.0 Å². The van der Waals surface area contributed by atoms with Gasteiger partial charge in [0.05, 0.1) is 0 Å². The van der Waals surface area contributed by atoms with Crippen LogP contribution in [0.3, 0.4) is 0 Å². The number of Topliss-reactive ketones (excluding diaryl/α,β-unsaturated/α-hetero) is 1. The summed E-state index contributed by atoms with van der Waals surface area (Å²) in [6, 6.07) is 12.9. The Morgan fingerprint density at radius 2 is 1.88 bits per heavy atom. The number of carbonyl (C=O) groups excluding carboxylic acids is 2. The molecular formula is C24H22ClN5O3. The number of piperidine rings is 1. The molecule has 1 amide bonds. The summed E-state index contributed by atoms with van der Waals surface area (Å²) in [5.41, 5.74) is 2.91. The van der Waals surface area contributed by atoms with E-state index in [2.05, 4.69) is 15.2 Å². The number of likely N-dealkylation sites (tertiary alicyclic amines) is 1. The highest BCUT2D eigenvalue weighted by molar-refractivity contribution is 6.31. The third-order valence-corrected chi connectivity index (χ3v) is 6.35. The van der Waals surface area contributed by atoms with Crippen LogP contribution in [0.5, 0.6) is 0 Å². The summed E-state index contributed by atoms with van der Waals surface area (Å²) < 4.78 is 7.49. The lowest BCUT2D eigenvalue weighted by atomic mass is 9.92. The van der Waals surface area contributed by atoms with Crippen LogP contribution in [0.25, 0.3) is 22.5 Å². The van der Waals surface area contributed by atoms with Crippen LogP contribution in [0.4, 0.5) is 0 Å². The highest BCUT2D eigenvalue weighted by atomic mass is 35.5. The van der Waals surface area contributed by atoms with Gasteiger partial charge in [-0.2, -0.15) is 0 Å². The van der Waals surface area contributed by atoms with Crippen molar-refractivity contribution in [1.82, 2.24) is 24.6 Å². The molecule has 4 aromatic rings. The third-order valence-electron chi connectivity index (χ3n) is 6.12. The lowest BCUT2D eigenvalue weighted by Crippen LogP contribution is -2.41. The van der Waals surface area contributed by atoms with Crippen LogP contribution in [0.15, 0.2) is 46.9 Å². The quantitative estimate of drug-likeness (QED) is 0.418. The van der Waals surface area contributed by atoms with E-state index in [0.717, 1.165) is 16.6 Å². The SMILES string of the molecule is Cc1cccc(-c2nnc(C(=O)C3CCN(C(=O)c4cc5cc(Cl)ccc5n4C)CC3)o2)n1. The first-order valence-corrected chi connectivity index (χ1v) is 11.1. The molecule has 0 aliphatic carbocycles. The Morgan fingerprint density at radius 1 is 1.09 bits per heavy atom. The van der Waals surface area contributed by atoms with Crippen LogP contribution in [0.1, 0.15) is 39.7 Å². The molecule has 5 rings (SSSR count). The number of hydrogen-bond donors (Lipinski definition) is 0. The standard InChI is InChI=1S/C24H22ClN5O3/c1-14-4-3-5-18(26-14)22-27-28-23(33-22)21(31)15-8-10-30(11-9-15)24(32)20-13-16-12-17(25)6-7-19(16)29(20)2/h3-7,12-13,15H,8-11H2,1-2H3. The number of aromatic nitrogens is 4. The van der Waals surface area contributed by atoms with Crippen LogP contribution in [-0.4, -0.2) is 49.4 Å². The summed E-state index contributed by atoms with van der Waals surface area (Å²) in [6.45, 7) is 2.84. The first kappa shape index (κ1) is 21.3. The van der Waals surface area contributed by atoms with E-state index in [1.807, 2.05) is 54.9 Å². The minimum atomic E-state index is -0.265. The smallest absolute Gasteiger partial charge is 0.284 e. The summed E-state index contributed by atoms with van der Waals surface area (Å²) in [5.74, 6) is -0.289. The van der Waals surface area contributed by atoms with E-state index in [-0.39, 0.29) is 29.4 Å². The second kappa shape index (κ2) is 8.44. The van der Waals surface area contributed by atoms with Gasteiger partial charge in [-0.1, -0.05) is 17.7 Å². The Bertz CT molecular complexity index is 1370. The maximum atomic E-state index is 13.1. The summed E-state index contributed by atoms with van der Waals surface area (Å²) in [7, 11) is 1.87. The highest BCUT2D eigenvalue weighted by Gasteiger charge is 2.32.